The fourth-order valence-corrected chi connectivity index (χ4v) is 3.97. The summed E-state index contributed by atoms with van der Waals surface area (Å²) in [4.78, 5) is 18.8. The molecule has 0 spiro atoms. The fraction of sp³-hybridized carbons (Fsp3) is 0.524. The highest BCUT2D eigenvalue weighted by molar-refractivity contribution is 5.82. The Morgan fingerprint density at radius 2 is 2.00 bits per heavy atom. The van der Waals surface area contributed by atoms with Gasteiger partial charge in [-0.2, -0.15) is 10.1 Å². The maximum absolute atomic E-state index is 12.2. The van der Waals surface area contributed by atoms with E-state index < -0.39 is 0 Å². The Hall–Kier alpha value is -2.74. The summed E-state index contributed by atoms with van der Waals surface area (Å²) in [5, 5.41) is 9.98. The van der Waals surface area contributed by atoms with Crippen molar-refractivity contribution in [1.29, 1.82) is 0 Å². The third-order valence-corrected chi connectivity index (χ3v) is 5.87. The van der Waals surface area contributed by atoms with Gasteiger partial charge in [0.25, 0.3) is 5.89 Å². The maximum atomic E-state index is 12.2. The summed E-state index contributed by atoms with van der Waals surface area (Å²) in [6.45, 7) is 6.82. The number of ether oxygens (including phenoxy) is 1. The highest BCUT2D eigenvalue weighted by atomic mass is 16.5. The molecule has 0 unspecified atom stereocenters. The largest absolute Gasteiger partial charge is 0.377 e. The van der Waals surface area contributed by atoms with Gasteiger partial charge in [-0.25, -0.2) is 0 Å². The summed E-state index contributed by atoms with van der Waals surface area (Å²) >= 11 is 0. The number of nitrogens with zero attached hydrogens (tertiary/aromatic N) is 5. The first-order chi connectivity index (χ1) is 14.1. The van der Waals surface area contributed by atoms with Crippen molar-refractivity contribution < 1.29 is 14.1 Å². The van der Waals surface area contributed by atoms with Crippen LogP contribution in [0.1, 0.15) is 44.5 Å². The number of aromatic nitrogens is 4. The standard InChI is InChI=1S/C21H25N5O3/c1-13(2)21(27)25-7-5-14(6-8-25)19-22-20(29-24-19)15-3-4-16-10-26(17-11-28-12-17)23-18(16)9-15/h3-4,9-10,13-14,17H,5-8,11-12H2,1-2H3. The van der Waals surface area contributed by atoms with Gasteiger partial charge in [0.1, 0.15) is 0 Å². The van der Waals surface area contributed by atoms with Crippen LogP contribution in [0.25, 0.3) is 22.4 Å². The lowest BCUT2D eigenvalue weighted by Gasteiger charge is -2.31. The zero-order valence-electron chi connectivity index (χ0n) is 16.7. The van der Waals surface area contributed by atoms with Gasteiger partial charge in [-0.05, 0) is 25.0 Å². The van der Waals surface area contributed by atoms with Crippen molar-refractivity contribution in [2.45, 2.75) is 38.6 Å². The van der Waals surface area contributed by atoms with Gasteiger partial charge < -0.3 is 14.2 Å². The van der Waals surface area contributed by atoms with Gasteiger partial charge in [-0.3, -0.25) is 9.48 Å². The summed E-state index contributed by atoms with van der Waals surface area (Å²) in [6.07, 6.45) is 3.78. The van der Waals surface area contributed by atoms with Gasteiger partial charge in [0, 0.05) is 42.1 Å². The molecule has 2 saturated heterocycles. The Morgan fingerprint density at radius 3 is 2.69 bits per heavy atom. The molecule has 0 radical (unpaired) electrons. The van der Waals surface area contributed by atoms with E-state index in [1.807, 2.05) is 41.6 Å². The molecule has 5 rings (SSSR count). The van der Waals surface area contributed by atoms with Gasteiger partial charge in [0.05, 0.1) is 24.8 Å². The van der Waals surface area contributed by atoms with Gasteiger partial charge in [-0.1, -0.05) is 25.1 Å². The van der Waals surface area contributed by atoms with Crippen LogP contribution in [0.3, 0.4) is 0 Å². The Labute approximate surface area is 168 Å². The fourth-order valence-electron chi connectivity index (χ4n) is 3.97. The first kappa shape index (κ1) is 18.3. The van der Waals surface area contributed by atoms with E-state index in [0.29, 0.717) is 11.9 Å². The molecule has 0 saturated carbocycles. The molecule has 2 aromatic heterocycles. The summed E-state index contributed by atoms with van der Waals surface area (Å²) < 4.78 is 12.8. The second-order valence-corrected chi connectivity index (χ2v) is 8.29. The number of hydrogen-bond donors (Lipinski definition) is 0. The number of likely N-dealkylation sites (tertiary alicyclic amines) is 1. The Kier molecular flexibility index (Phi) is 4.58. The normalized spacial score (nSPS) is 18.5. The first-order valence-corrected chi connectivity index (χ1v) is 10.3. The molecule has 2 aliphatic heterocycles. The van der Waals surface area contributed by atoms with Gasteiger partial charge in [0.15, 0.2) is 5.82 Å². The van der Waals surface area contributed by atoms with Crippen molar-refractivity contribution in [2.75, 3.05) is 26.3 Å². The minimum atomic E-state index is 0.0403. The lowest BCUT2D eigenvalue weighted by molar-refractivity contribution is -0.135. The molecule has 152 valence electrons. The van der Waals surface area contributed by atoms with Crippen LogP contribution >= 0.6 is 0 Å². The van der Waals surface area contributed by atoms with Crippen molar-refractivity contribution in [3.63, 3.8) is 0 Å². The average Bonchev–Trinajstić information content (AvgIpc) is 3.32. The Morgan fingerprint density at radius 1 is 1.21 bits per heavy atom. The highest BCUT2D eigenvalue weighted by Crippen LogP contribution is 2.30. The van der Waals surface area contributed by atoms with Crippen molar-refractivity contribution in [1.82, 2.24) is 24.8 Å². The van der Waals surface area contributed by atoms with Crippen molar-refractivity contribution in [2.24, 2.45) is 5.92 Å². The number of carbonyl (C=O) groups excluding carboxylic acids is 1. The number of amides is 1. The summed E-state index contributed by atoms with van der Waals surface area (Å²) in [7, 11) is 0. The molecule has 8 nitrogen and oxygen atoms in total. The van der Waals surface area contributed by atoms with Gasteiger partial charge >= 0.3 is 0 Å². The molecule has 4 heterocycles. The number of fused-ring (bicyclic) bond motifs is 1. The second-order valence-electron chi connectivity index (χ2n) is 8.29. The minimum absolute atomic E-state index is 0.0403. The molecule has 0 aliphatic carbocycles. The molecule has 8 heteroatoms. The van der Waals surface area contributed by atoms with Crippen LogP contribution in [0.2, 0.25) is 0 Å². The van der Waals surface area contributed by atoms with Crippen molar-refractivity contribution >= 4 is 16.8 Å². The Balaban J connectivity index is 1.30. The molecular formula is C21H25N5O3. The molecule has 29 heavy (non-hydrogen) atoms. The van der Waals surface area contributed by atoms with E-state index in [-0.39, 0.29) is 17.7 Å². The van der Waals surface area contributed by atoms with E-state index in [0.717, 1.165) is 61.4 Å². The second kappa shape index (κ2) is 7.26. The van der Waals surface area contributed by atoms with E-state index in [9.17, 15) is 4.79 Å². The number of benzene rings is 1. The van der Waals surface area contributed by atoms with Crippen molar-refractivity contribution in [3.05, 3.63) is 30.2 Å². The van der Waals surface area contributed by atoms with Crippen LogP contribution < -0.4 is 0 Å². The third kappa shape index (κ3) is 3.42. The smallest absolute Gasteiger partial charge is 0.258 e. The molecule has 0 bridgehead atoms. The number of rotatable bonds is 4. The van der Waals surface area contributed by atoms with Crippen LogP contribution in [-0.2, 0) is 9.53 Å². The molecular weight excluding hydrogens is 370 g/mol. The predicted octanol–water partition coefficient (Wildman–Crippen LogP) is 3.02. The lowest BCUT2D eigenvalue weighted by atomic mass is 9.95. The minimum Gasteiger partial charge on any atom is -0.377 e. The van der Waals surface area contributed by atoms with Crippen LogP contribution in [0.15, 0.2) is 28.9 Å². The molecule has 0 atom stereocenters. The number of piperidine rings is 1. The van der Waals surface area contributed by atoms with Crippen LogP contribution in [0.5, 0.6) is 0 Å². The predicted molar refractivity (Wildman–Crippen MR) is 106 cm³/mol. The molecule has 3 aromatic rings. The average molecular weight is 395 g/mol. The summed E-state index contributed by atoms with van der Waals surface area (Å²) in [5.41, 5.74) is 1.79. The number of hydrogen-bond acceptors (Lipinski definition) is 6. The first-order valence-electron chi connectivity index (χ1n) is 10.3. The molecule has 1 aromatic carbocycles. The third-order valence-electron chi connectivity index (χ3n) is 5.87. The Bertz CT molecular complexity index is 1030. The maximum Gasteiger partial charge on any atom is 0.258 e. The van der Waals surface area contributed by atoms with E-state index in [2.05, 4.69) is 21.4 Å². The van der Waals surface area contributed by atoms with Gasteiger partial charge in [0.2, 0.25) is 5.91 Å². The quantitative estimate of drug-likeness (QED) is 0.675. The van der Waals surface area contributed by atoms with E-state index in [4.69, 9.17) is 9.26 Å². The monoisotopic (exact) mass is 395 g/mol. The molecule has 2 aliphatic rings. The lowest BCUT2D eigenvalue weighted by Crippen LogP contribution is -2.40. The van der Waals surface area contributed by atoms with Crippen LogP contribution in [0.4, 0.5) is 0 Å². The van der Waals surface area contributed by atoms with Crippen LogP contribution in [0, 0.1) is 5.92 Å². The van der Waals surface area contributed by atoms with E-state index >= 15 is 0 Å². The van der Waals surface area contributed by atoms with E-state index in [1.165, 1.54) is 0 Å². The molecule has 2 fully saturated rings. The summed E-state index contributed by atoms with van der Waals surface area (Å²) in [6, 6.07) is 6.35. The zero-order chi connectivity index (χ0) is 20.0. The summed E-state index contributed by atoms with van der Waals surface area (Å²) in [5.74, 6) is 1.74. The number of carbonyl (C=O) groups is 1. The zero-order valence-corrected chi connectivity index (χ0v) is 16.7. The SMILES string of the molecule is CC(C)C(=O)N1CCC(c2noc(-c3ccc4cn(C5COC5)nc4c3)n2)CC1. The topological polar surface area (TPSA) is 86.3 Å². The van der Waals surface area contributed by atoms with E-state index in [1.54, 1.807) is 0 Å². The van der Waals surface area contributed by atoms with Crippen LogP contribution in [-0.4, -0.2) is 57.0 Å². The molecule has 0 N–H and O–H groups in total. The highest BCUT2D eigenvalue weighted by Gasteiger charge is 2.28. The molecule has 1 amide bonds. The van der Waals surface area contributed by atoms with Gasteiger partial charge in [-0.15, -0.1) is 0 Å². The van der Waals surface area contributed by atoms with Crippen molar-refractivity contribution in [3.8, 4) is 11.5 Å².